The number of rotatable bonds is 6. The highest BCUT2D eigenvalue weighted by Gasteiger charge is 2.29. The summed E-state index contributed by atoms with van der Waals surface area (Å²) in [6.07, 6.45) is 2.84. The fourth-order valence-electron chi connectivity index (χ4n) is 2.14. The molecular weight excluding hydrogens is 244 g/mol. The molecule has 1 aliphatic rings. The number of nitrogens with two attached hydrogens (primary N) is 1. The van der Waals surface area contributed by atoms with Gasteiger partial charge in [-0.25, -0.2) is 5.84 Å². The molecular formula is C13H18N4O2. The van der Waals surface area contributed by atoms with Gasteiger partial charge in [0.25, 0.3) is 0 Å². The van der Waals surface area contributed by atoms with Gasteiger partial charge < -0.3 is 4.42 Å². The van der Waals surface area contributed by atoms with E-state index in [2.05, 4.69) is 16.4 Å². The normalized spacial score (nSPS) is 14.4. The molecule has 0 bridgehead atoms. The molecule has 0 atom stereocenters. The number of amides is 1. The minimum atomic E-state index is -0.418. The van der Waals surface area contributed by atoms with Gasteiger partial charge in [-0.05, 0) is 25.8 Å². The summed E-state index contributed by atoms with van der Waals surface area (Å²) in [6.45, 7) is 3.18. The van der Waals surface area contributed by atoms with Crippen molar-refractivity contribution >= 4 is 5.91 Å². The van der Waals surface area contributed by atoms with Crippen LogP contribution in [0.4, 0.5) is 0 Å². The van der Waals surface area contributed by atoms with Gasteiger partial charge in [-0.1, -0.05) is 0 Å². The van der Waals surface area contributed by atoms with Crippen LogP contribution in [0.25, 0.3) is 0 Å². The van der Waals surface area contributed by atoms with E-state index in [1.165, 1.54) is 12.8 Å². The second kappa shape index (κ2) is 5.87. The number of nitrogens with one attached hydrogen (secondary N) is 1. The molecule has 1 amide bonds. The Labute approximate surface area is 112 Å². The zero-order valence-electron chi connectivity index (χ0n) is 11.0. The zero-order chi connectivity index (χ0) is 13.8. The van der Waals surface area contributed by atoms with Crippen molar-refractivity contribution in [1.82, 2.24) is 10.3 Å². The summed E-state index contributed by atoms with van der Waals surface area (Å²) in [5, 5.41) is 8.67. The second-order valence-electron chi connectivity index (χ2n) is 4.81. The number of hydrazine groups is 1. The Morgan fingerprint density at radius 1 is 1.68 bits per heavy atom. The van der Waals surface area contributed by atoms with E-state index < -0.39 is 5.91 Å². The molecule has 0 saturated heterocycles. The fraction of sp³-hybridized carbons (Fsp3) is 0.538. The molecule has 19 heavy (non-hydrogen) atoms. The van der Waals surface area contributed by atoms with E-state index in [1.807, 2.05) is 13.0 Å². The summed E-state index contributed by atoms with van der Waals surface area (Å²) in [4.78, 5) is 13.7. The SMILES string of the molecule is Cc1cc(CN(CCC#N)C2CC2)oc1C(=O)NN. The summed E-state index contributed by atoms with van der Waals surface area (Å²) >= 11 is 0. The molecule has 1 aromatic heterocycles. The molecule has 1 fully saturated rings. The molecule has 1 saturated carbocycles. The highest BCUT2D eigenvalue weighted by molar-refractivity contribution is 5.92. The van der Waals surface area contributed by atoms with E-state index >= 15 is 0 Å². The first-order valence-corrected chi connectivity index (χ1v) is 6.37. The highest BCUT2D eigenvalue weighted by atomic mass is 16.4. The highest BCUT2D eigenvalue weighted by Crippen LogP contribution is 2.29. The largest absolute Gasteiger partial charge is 0.454 e. The maximum atomic E-state index is 11.5. The van der Waals surface area contributed by atoms with Gasteiger partial charge in [0.15, 0.2) is 5.76 Å². The average Bonchev–Trinajstić information content (AvgIpc) is 3.18. The molecule has 6 heteroatoms. The van der Waals surface area contributed by atoms with Crippen LogP contribution in [0.2, 0.25) is 0 Å². The molecule has 102 valence electrons. The number of hydrogen-bond donors (Lipinski definition) is 2. The third-order valence-corrected chi connectivity index (χ3v) is 3.24. The number of carbonyl (C=O) groups excluding carboxylic acids is 1. The van der Waals surface area contributed by atoms with E-state index in [9.17, 15) is 4.79 Å². The van der Waals surface area contributed by atoms with Crippen molar-refractivity contribution in [1.29, 1.82) is 5.26 Å². The third-order valence-electron chi connectivity index (χ3n) is 3.24. The number of nitriles is 1. The molecule has 0 spiro atoms. The van der Waals surface area contributed by atoms with Crippen molar-refractivity contribution in [2.24, 2.45) is 5.84 Å². The van der Waals surface area contributed by atoms with Crippen LogP contribution >= 0.6 is 0 Å². The molecule has 0 aromatic carbocycles. The van der Waals surface area contributed by atoms with E-state index in [1.54, 1.807) is 0 Å². The summed E-state index contributed by atoms with van der Waals surface area (Å²) in [5.74, 6) is 5.68. The summed E-state index contributed by atoms with van der Waals surface area (Å²) in [6, 6.07) is 4.56. The first-order chi connectivity index (χ1) is 9.15. The minimum absolute atomic E-state index is 0.258. The van der Waals surface area contributed by atoms with Crippen molar-refractivity contribution in [2.45, 2.75) is 38.8 Å². The lowest BCUT2D eigenvalue weighted by molar-refractivity contribution is 0.0921. The lowest BCUT2D eigenvalue weighted by atomic mass is 10.2. The maximum absolute atomic E-state index is 11.5. The Morgan fingerprint density at radius 2 is 2.42 bits per heavy atom. The van der Waals surface area contributed by atoms with Crippen molar-refractivity contribution < 1.29 is 9.21 Å². The van der Waals surface area contributed by atoms with Crippen molar-refractivity contribution in [2.75, 3.05) is 6.54 Å². The zero-order valence-corrected chi connectivity index (χ0v) is 11.0. The molecule has 6 nitrogen and oxygen atoms in total. The number of nitrogens with zero attached hydrogens (tertiary/aromatic N) is 2. The summed E-state index contributed by atoms with van der Waals surface area (Å²) in [5.41, 5.74) is 2.84. The Balaban J connectivity index is 2.05. The smallest absolute Gasteiger partial charge is 0.301 e. The van der Waals surface area contributed by atoms with Gasteiger partial charge in [0.05, 0.1) is 12.6 Å². The van der Waals surface area contributed by atoms with Crippen LogP contribution in [0, 0.1) is 18.3 Å². The van der Waals surface area contributed by atoms with E-state index in [0.717, 1.165) is 17.9 Å². The van der Waals surface area contributed by atoms with Gasteiger partial charge in [-0.15, -0.1) is 0 Å². The number of furan rings is 1. The molecule has 3 N–H and O–H groups in total. The Kier molecular flexibility index (Phi) is 4.20. The van der Waals surface area contributed by atoms with E-state index in [0.29, 0.717) is 19.0 Å². The molecule has 0 aliphatic heterocycles. The van der Waals surface area contributed by atoms with Crippen molar-refractivity contribution in [3.8, 4) is 6.07 Å². The van der Waals surface area contributed by atoms with Gasteiger partial charge in [0.2, 0.25) is 0 Å². The topological polar surface area (TPSA) is 95.3 Å². The Morgan fingerprint density at radius 3 is 3.00 bits per heavy atom. The number of carbonyl (C=O) groups is 1. The first-order valence-electron chi connectivity index (χ1n) is 6.37. The van der Waals surface area contributed by atoms with Gasteiger partial charge in [-0.3, -0.25) is 15.1 Å². The molecule has 0 unspecified atom stereocenters. The van der Waals surface area contributed by atoms with Gasteiger partial charge in [0, 0.05) is 24.6 Å². The maximum Gasteiger partial charge on any atom is 0.301 e. The molecule has 1 aromatic rings. The van der Waals surface area contributed by atoms with E-state index in [-0.39, 0.29) is 5.76 Å². The Hall–Kier alpha value is -1.84. The quantitative estimate of drug-likeness (QED) is 0.454. The van der Waals surface area contributed by atoms with Gasteiger partial charge >= 0.3 is 5.91 Å². The molecule has 1 aliphatic carbocycles. The second-order valence-corrected chi connectivity index (χ2v) is 4.81. The first kappa shape index (κ1) is 13.6. The van der Waals surface area contributed by atoms with Gasteiger partial charge in [0.1, 0.15) is 5.76 Å². The number of aryl methyl sites for hydroxylation is 1. The van der Waals surface area contributed by atoms with E-state index in [4.69, 9.17) is 15.5 Å². The lowest BCUT2D eigenvalue weighted by Gasteiger charge is -2.18. The van der Waals surface area contributed by atoms with Crippen LogP contribution in [0.15, 0.2) is 10.5 Å². The Bertz CT molecular complexity index is 499. The fourth-order valence-corrected chi connectivity index (χ4v) is 2.14. The van der Waals surface area contributed by atoms with Crippen LogP contribution in [-0.4, -0.2) is 23.4 Å². The van der Waals surface area contributed by atoms with Crippen LogP contribution in [-0.2, 0) is 6.54 Å². The monoisotopic (exact) mass is 262 g/mol. The lowest BCUT2D eigenvalue weighted by Crippen LogP contribution is -2.30. The summed E-state index contributed by atoms with van der Waals surface area (Å²) < 4.78 is 5.54. The van der Waals surface area contributed by atoms with Gasteiger partial charge in [-0.2, -0.15) is 5.26 Å². The van der Waals surface area contributed by atoms with Crippen LogP contribution in [0.3, 0.4) is 0 Å². The molecule has 1 heterocycles. The summed E-state index contributed by atoms with van der Waals surface area (Å²) in [7, 11) is 0. The predicted molar refractivity (Wildman–Crippen MR) is 68.8 cm³/mol. The van der Waals surface area contributed by atoms with Crippen LogP contribution < -0.4 is 11.3 Å². The average molecular weight is 262 g/mol. The number of nitrogen functional groups attached to an aromatic ring is 1. The standard InChI is InChI=1S/C13H18N4O2/c1-9-7-11(19-12(9)13(18)16-15)8-17(6-2-5-14)10-3-4-10/h7,10H,2-4,6,8,15H2,1H3,(H,16,18). The molecule has 2 rings (SSSR count). The van der Waals surface area contributed by atoms with Crippen LogP contribution in [0.1, 0.15) is 41.1 Å². The molecule has 0 radical (unpaired) electrons. The third kappa shape index (κ3) is 3.34. The van der Waals surface area contributed by atoms with Crippen molar-refractivity contribution in [3.05, 3.63) is 23.2 Å². The van der Waals surface area contributed by atoms with Crippen molar-refractivity contribution in [3.63, 3.8) is 0 Å². The minimum Gasteiger partial charge on any atom is -0.454 e. The number of hydrogen-bond acceptors (Lipinski definition) is 5. The predicted octanol–water partition coefficient (Wildman–Crippen LogP) is 1.07. The van der Waals surface area contributed by atoms with Crippen LogP contribution in [0.5, 0.6) is 0 Å².